The van der Waals surface area contributed by atoms with Gasteiger partial charge in [0.15, 0.2) is 23.9 Å². The molecule has 1 unspecified atom stereocenters. The molecule has 0 radical (unpaired) electrons. The van der Waals surface area contributed by atoms with Gasteiger partial charge in [-0.2, -0.15) is 4.72 Å². The first-order valence-electron chi connectivity index (χ1n) is 13.6. The quantitative estimate of drug-likeness (QED) is 0.237. The molecule has 1 aliphatic rings. The van der Waals surface area contributed by atoms with Crippen LogP contribution in [0.15, 0.2) is 65.3 Å². The van der Waals surface area contributed by atoms with E-state index < -0.39 is 41.1 Å². The molecular formula is C31H34N2O11S. The Morgan fingerprint density at radius 1 is 0.911 bits per heavy atom. The van der Waals surface area contributed by atoms with Gasteiger partial charge < -0.3 is 38.8 Å². The molecule has 14 heteroatoms. The van der Waals surface area contributed by atoms with Crippen LogP contribution in [-0.4, -0.2) is 73.0 Å². The lowest BCUT2D eigenvalue weighted by molar-refractivity contribution is -0.139. The highest BCUT2D eigenvalue weighted by molar-refractivity contribution is 7.89. The first-order chi connectivity index (χ1) is 21.5. The first-order valence-corrected chi connectivity index (χ1v) is 15.1. The Morgan fingerprint density at radius 3 is 2.22 bits per heavy atom. The van der Waals surface area contributed by atoms with Crippen LogP contribution in [0.1, 0.15) is 16.7 Å². The molecule has 0 bridgehead atoms. The maximum atomic E-state index is 12.8. The fourth-order valence-electron chi connectivity index (χ4n) is 4.45. The second-order valence-corrected chi connectivity index (χ2v) is 11.5. The zero-order valence-electron chi connectivity index (χ0n) is 25.3. The third kappa shape index (κ3) is 7.77. The molecule has 0 saturated heterocycles. The van der Waals surface area contributed by atoms with Gasteiger partial charge in [0, 0.05) is 36.2 Å². The van der Waals surface area contributed by atoms with Gasteiger partial charge in [-0.25, -0.2) is 8.42 Å². The molecule has 4 rings (SSSR count). The lowest BCUT2D eigenvalue weighted by Crippen LogP contribution is -2.48. The van der Waals surface area contributed by atoms with Gasteiger partial charge in [0.25, 0.3) is 5.91 Å². The Hall–Kier alpha value is -4.95. The van der Waals surface area contributed by atoms with Crippen LogP contribution in [0.3, 0.4) is 0 Å². The second kappa shape index (κ2) is 14.2. The van der Waals surface area contributed by atoms with Gasteiger partial charge in [0.05, 0.1) is 33.3 Å². The summed E-state index contributed by atoms with van der Waals surface area (Å²) in [5.74, 6) is 0.784. The highest BCUT2D eigenvalue weighted by atomic mass is 32.2. The van der Waals surface area contributed by atoms with Crippen molar-refractivity contribution in [3.05, 3.63) is 77.0 Å². The van der Waals surface area contributed by atoms with Gasteiger partial charge in [0.2, 0.25) is 10.0 Å². The van der Waals surface area contributed by atoms with Crippen LogP contribution >= 0.6 is 0 Å². The number of nitrogens with one attached hydrogen (secondary N) is 2. The first kappa shape index (κ1) is 33.0. The van der Waals surface area contributed by atoms with Crippen molar-refractivity contribution in [1.29, 1.82) is 0 Å². The maximum Gasteiger partial charge on any atom is 0.323 e. The van der Waals surface area contributed by atoms with E-state index in [-0.39, 0.29) is 17.1 Å². The van der Waals surface area contributed by atoms with Crippen molar-refractivity contribution in [2.45, 2.75) is 24.3 Å². The number of allylic oxidation sites excluding steroid dienone is 1. The van der Waals surface area contributed by atoms with Crippen molar-refractivity contribution in [2.24, 2.45) is 0 Å². The molecule has 13 nitrogen and oxygen atoms in total. The van der Waals surface area contributed by atoms with E-state index in [1.807, 2.05) is 0 Å². The summed E-state index contributed by atoms with van der Waals surface area (Å²) in [5.41, 5.74) is 2.05. The molecule has 3 aromatic rings. The summed E-state index contributed by atoms with van der Waals surface area (Å²) in [6.45, 7) is 0.734. The third-order valence-corrected chi connectivity index (χ3v) is 8.34. The summed E-state index contributed by atoms with van der Waals surface area (Å²) >= 11 is 0. The summed E-state index contributed by atoms with van der Waals surface area (Å²) in [6.07, 6.45) is 0.174. The highest BCUT2D eigenvalue weighted by Crippen LogP contribution is 2.43. The van der Waals surface area contributed by atoms with Gasteiger partial charge in [-0.1, -0.05) is 17.7 Å². The molecule has 1 atom stereocenters. The molecule has 1 aliphatic heterocycles. The van der Waals surface area contributed by atoms with Crippen molar-refractivity contribution in [3.63, 3.8) is 0 Å². The van der Waals surface area contributed by atoms with Crippen LogP contribution < -0.4 is 33.7 Å². The fraction of sp³-hybridized carbons (Fsp3) is 0.290. The van der Waals surface area contributed by atoms with Gasteiger partial charge in [-0.15, -0.1) is 0 Å². The number of amides is 1. The zero-order valence-corrected chi connectivity index (χ0v) is 26.1. The van der Waals surface area contributed by atoms with Crippen molar-refractivity contribution < 1.29 is 51.5 Å². The number of carbonyl (C=O) groups is 2. The SMILES string of the molecule is COc1cc(OC)c2c(c1)OC(c1ccc(OC)c(OC)c1)=C(OCC(=O)NCC(NS(=O)(=O)c1ccc(C)cc1)C(=O)O)C2. The number of carbonyl (C=O) groups excluding carboxylic acids is 1. The summed E-state index contributed by atoms with van der Waals surface area (Å²) in [5, 5.41) is 12.0. The van der Waals surface area contributed by atoms with Crippen LogP contribution in [0.5, 0.6) is 28.7 Å². The number of fused-ring (bicyclic) bond motifs is 1. The van der Waals surface area contributed by atoms with Crippen molar-refractivity contribution in [1.82, 2.24) is 10.0 Å². The minimum atomic E-state index is -4.16. The lowest BCUT2D eigenvalue weighted by Gasteiger charge is -2.26. The molecule has 0 aliphatic carbocycles. The smallest absolute Gasteiger partial charge is 0.323 e. The van der Waals surface area contributed by atoms with E-state index in [9.17, 15) is 23.1 Å². The van der Waals surface area contributed by atoms with Crippen molar-refractivity contribution in [3.8, 4) is 28.7 Å². The van der Waals surface area contributed by atoms with Gasteiger partial charge in [-0.05, 0) is 37.3 Å². The number of aliphatic carboxylic acids is 1. The third-order valence-electron chi connectivity index (χ3n) is 6.85. The number of ether oxygens (including phenoxy) is 6. The number of carboxylic acids is 1. The molecular weight excluding hydrogens is 608 g/mol. The Morgan fingerprint density at radius 2 is 1.60 bits per heavy atom. The number of hydrogen-bond acceptors (Lipinski definition) is 10. The zero-order chi connectivity index (χ0) is 32.7. The predicted molar refractivity (Wildman–Crippen MR) is 162 cm³/mol. The molecule has 0 spiro atoms. The Kier molecular flexibility index (Phi) is 10.4. The number of aryl methyl sites for hydroxylation is 1. The minimum Gasteiger partial charge on any atom is -0.496 e. The standard InChI is InChI=1S/C31H34N2O11S/c1-18-6-9-21(10-7-18)45(37,38)33-23(31(35)36)16-32-29(34)17-43-28-15-22-25(41-4)13-20(39-2)14-26(22)44-30(28)19-8-11-24(40-3)27(12-19)42-5/h6-14,23,33H,15-17H2,1-5H3,(H,32,34)(H,35,36). The van der Waals surface area contributed by atoms with Gasteiger partial charge in [0.1, 0.15) is 29.0 Å². The second-order valence-electron chi connectivity index (χ2n) is 9.83. The maximum absolute atomic E-state index is 12.8. The lowest BCUT2D eigenvalue weighted by atomic mass is 10.0. The van der Waals surface area contributed by atoms with Crippen LogP contribution in [-0.2, 0) is 30.8 Å². The predicted octanol–water partition coefficient (Wildman–Crippen LogP) is 2.90. The van der Waals surface area contributed by atoms with E-state index in [1.54, 1.807) is 49.4 Å². The fourth-order valence-corrected chi connectivity index (χ4v) is 5.64. The largest absolute Gasteiger partial charge is 0.496 e. The van der Waals surface area contributed by atoms with Gasteiger partial charge >= 0.3 is 5.97 Å². The van der Waals surface area contributed by atoms with E-state index >= 15 is 0 Å². The molecule has 0 aromatic heterocycles. The molecule has 45 heavy (non-hydrogen) atoms. The highest BCUT2D eigenvalue weighted by Gasteiger charge is 2.29. The Balaban J connectivity index is 1.54. The van der Waals surface area contributed by atoms with Crippen LogP contribution in [0.25, 0.3) is 5.76 Å². The molecule has 0 fully saturated rings. The summed E-state index contributed by atoms with van der Waals surface area (Å²) in [4.78, 5) is 24.5. The van der Waals surface area contributed by atoms with E-state index in [1.165, 1.54) is 40.6 Å². The summed E-state index contributed by atoms with van der Waals surface area (Å²) in [7, 11) is 1.86. The molecule has 240 valence electrons. The Bertz CT molecular complexity index is 1700. The topological polar surface area (TPSA) is 168 Å². The number of sulfonamides is 1. The molecule has 0 saturated carbocycles. The Labute approximate surface area is 260 Å². The number of benzene rings is 3. The van der Waals surface area contributed by atoms with Crippen LogP contribution in [0.4, 0.5) is 0 Å². The molecule has 3 aromatic carbocycles. The monoisotopic (exact) mass is 642 g/mol. The van der Waals surface area contributed by atoms with E-state index in [0.717, 1.165) is 5.56 Å². The van der Waals surface area contributed by atoms with Gasteiger partial charge in [-0.3, -0.25) is 9.59 Å². The van der Waals surface area contributed by atoms with Crippen molar-refractivity contribution >= 4 is 27.7 Å². The van der Waals surface area contributed by atoms with E-state index in [4.69, 9.17) is 28.4 Å². The summed E-state index contributed by atoms with van der Waals surface area (Å²) in [6, 6.07) is 12.8. The van der Waals surface area contributed by atoms with Crippen molar-refractivity contribution in [2.75, 3.05) is 41.6 Å². The van der Waals surface area contributed by atoms with Crippen LogP contribution in [0, 0.1) is 6.92 Å². The molecule has 1 heterocycles. The normalized spacial score (nSPS) is 13.2. The minimum absolute atomic E-state index is 0.103. The summed E-state index contributed by atoms with van der Waals surface area (Å²) < 4.78 is 61.4. The van der Waals surface area contributed by atoms with E-state index in [2.05, 4.69) is 10.0 Å². The molecule has 3 N–H and O–H groups in total. The van der Waals surface area contributed by atoms with E-state index in [0.29, 0.717) is 45.6 Å². The number of rotatable bonds is 14. The molecule has 1 amide bonds. The van der Waals surface area contributed by atoms with Crippen LogP contribution in [0.2, 0.25) is 0 Å². The number of carboxylic acid groups (broad SMARTS) is 1. The average molecular weight is 643 g/mol. The average Bonchev–Trinajstić information content (AvgIpc) is 3.04. The number of methoxy groups -OCH3 is 4. The number of hydrogen-bond donors (Lipinski definition) is 3.